The zero-order valence-corrected chi connectivity index (χ0v) is 12.2. The largest absolute Gasteiger partial charge is 0.396 e. The van der Waals surface area contributed by atoms with Crippen molar-refractivity contribution in [1.82, 2.24) is 4.90 Å². The molecule has 19 heavy (non-hydrogen) atoms. The van der Waals surface area contributed by atoms with Crippen LogP contribution in [0.5, 0.6) is 0 Å². The van der Waals surface area contributed by atoms with Crippen molar-refractivity contribution in [2.45, 2.75) is 25.7 Å². The van der Waals surface area contributed by atoms with Crippen LogP contribution >= 0.6 is 11.6 Å². The average Bonchev–Trinajstić information content (AvgIpc) is 2.86. The Balaban J connectivity index is 2.17. The molecule has 0 aliphatic carbocycles. The lowest BCUT2D eigenvalue weighted by atomic mass is 9.83. The molecule has 1 aromatic rings. The highest BCUT2D eigenvalue weighted by atomic mass is 35.5. The van der Waals surface area contributed by atoms with Crippen molar-refractivity contribution in [2.75, 3.05) is 19.7 Å². The Kier molecular flexibility index (Phi) is 4.16. The molecule has 0 spiro atoms. The van der Waals surface area contributed by atoms with Gasteiger partial charge in [-0.25, -0.2) is 0 Å². The molecule has 2 rings (SSSR count). The molecule has 1 unspecified atom stereocenters. The zero-order chi connectivity index (χ0) is 14.0. The average molecular weight is 282 g/mol. The summed E-state index contributed by atoms with van der Waals surface area (Å²) in [5.41, 5.74) is 0.340. The van der Waals surface area contributed by atoms with Gasteiger partial charge in [0.1, 0.15) is 0 Å². The van der Waals surface area contributed by atoms with Crippen molar-refractivity contribution in [1.29, 1.82) is 0 Å². The van der Waals surface area contributed by atoms with E-state index in [0.29, 0.717) is 11.6 Å². The number of amides is 1. The molecule has 1 atom stereocenters. The number of hydrogen-bond donors (Lipinski definition) is 1. The van der Waals surface area contributed by atoms with E-state index in [2.05, 4.69) is 0 Å². The number of likely N-dealkylation sites (tertiary alicyclic amines) is 1. The number of benzene rings is 1. The summed E-state index contributed by atoms with van der Waals surface area (Å²) in [6.45, 7) is 5.38. The Morgan fingerprint density at radius 2 is 2.26 bits per heavy atom. The van der Waals surface area contributed by atoms with Gasteiger partial charge in [0.15, 0.2) is 0 Å². The van der Waals surface area contributed by atoms with E-state index in [0.717, 1.165) is 18.5 Å². The highest BCUT2D eigenvalue weighted by Crippen LogP contribution is 2.30. The van der Waals surface area contributed by atoms with Gasteiger partial charge in [-0.1, -0.05) is 23.7 Å². The fraction of sp³-hybridized carbons (Fsp3) is 0.533. The maximum Gasteiger partial charge on any atom is 0.232 e. The summed E-state index contributed by atoms with van der Waals surface area (Å²) < 4.78 is 0. The molecule has 1 aliphatic rings. The molecular weight excluding hydrogens is 262 g/mol. The number of halogens is 1. The molecular formula is C15H20ClNO2. The molecule has 1 saturated heterocycles. The van der Waals surface area contributed by atoms with Gasteiger partial charge >= 0.3 is 0 Å². The lowest BCUT2D eigenvalue weighted by Gasteiger charge is -2.30. The molecule has 104 valence electrons. The highest BCUT2D eigenvalue weighted by Gasteiger charge is 2.36. The third-order valence-electron chi connectivity index (χ3n) is 3.91. The molecule has 1 heterocycles. The Hall–Kier alpha value is -1.06. The van der Waals surface area contributed by atoms with Crippen molar-refractivity contribution < 1.29 is 9.90 Å². The van der Waals surface area contributed by atoms with Crippen molar-refractivity contribution in [3.63, 3.8) is 0 Å². The SMILES string of the molecule is CC(C)(C(=O)N1CCC(CO)C1)c1cccc(Cl)c1. The smallest absolute Gasteiger partial charge is 0.232 e. The van der Waals surface area contributed by atoms with Crippen molar-refractivity contribution in [3.05, 3.63) is 34.9 Å². The number of nitrogens with zero attached hydrogens (tertiary/aromatic N) is 1. The molecule has 0 bridgehead atoms. The van der Waals surface area contributed by atoms with Gasteiger partial charge in [0.2, 0.25) is 5.91 Å². The summed E-state index contributed by atoms with van der Waals surface area (Å²) in [7, 11) is 0. The van der Waals surface area contributed by atoms with E-state index in [1.165, 1.54) is 0 Å². The van der Waals surface area contributed by atoms with E-state index in [4.69, 9.17) is 16.7 Å². The van der Waals surface area contributed by atoms with Gasteiger partial charge in [-0.05, 0) is 38.0 Å². The van der Waals surface area contributed by atoms with Crippen LogP contribution in [-0.4, -0.2) is 35.6 Å². The number of aliphatic hydroxyl groups excluding tert-OH is 1. The third-order valence-corrected chi connectivity index (χ3v) is 4.15. The van der Waals surface area contributed by atoms with Crippen molar-refractivity contribution in [2.24, 2.45) is 5.92 Å². The van der Waals surface area contributed by atoms with Gasteiger partial charge in [0.05, 0.1) is 5.41 Å². The van der Waals surface area contributed by atoms with Gasteiger partial charge in [-0.15, -0.1) is 0 Å². The van der Waals surface area contributed by atoms with E-state index < -0.39 is 5.41 Å². The minimum atomic E-state index is -0.588. The Bertz CT molecular complexity index is 473. The van der Waals surface area contributed by atoms with Crippen LogP contribution in [0.1, 0.15) is 25.8 Å². The predicted molar refractivity (Wildman–Crippen MR) is 76.3 cm³/mol. The second-order valence-corrected chi connectivity index (χ2v) is 6.16. The van der Waals surface area contributed by atoms with Crippen LogP contribution in [0, 0.1) is 5.92 Å². The van der Waals surface area contributed by atoms with Crippen LogP contribution in [0.4, 0.5) is 0 Å². The zero-order valence-electron chi connectivity index (χ0n) is 11.4. The Morgan fingerprint density at radius 1 is 1.53 bits per heavy atom. The maximum atomic E-state index is 12.6. The fourth-order valence-corrected chi connectivity index (χ4v) is 2.75. The van der Waals surface area contributed by atoms with Gasteiger partial charge < -0.3 is 10.0 Å². The Morgan fingerprint density at radius 3 is 2.84 bits per heavy atom. The van der Waals surface area contributed by atoms with Gasteiger partial charge in [-0.2, -0.15) is 0 Å². The van der Waals surface area contributed by atoms with Crippen molar-refractivity contribution >= 4 is 17.5 Å². The first-order chi connectivity index (χ1) is 8.95. The lowest BCUT2D eigenvalue weighted by molar-refractivity contribution is -0.135. The van der Waals surface area contributed by atoms with Crippen LogP contribution in [0.15, 0.2) is 24.3 Å². The highest BCUT2D eigenvalue weighted by molar-refractivity contribution is 6.30. The number of hydrogen-bond acceptors (Lipinski definition) is 2. The summed E-state index contributed by atoms with van der Waals surface area (Å²) in [5.74, 6) is 0.324. The summed E-state index contributed by atoms with van der Waals surface area (Å²) in [5, 5.41) is 9.81. The number of rotatable bonds is 3. The van der Waals surface area contributed by atoms with Crippen LogP contribution in [0.2, 0.25) is 5.02 Å². The van der Waals surface area contributed by atoms with E-state index in [1.54, 1.807) is 0 Å². The molecule has 1 N–H and O–H groups in total. The monoisotopic (exact) mass is 281 g/mol. The molecule has 0 aromatic heterocycles. The number of aliphatic hydroxyl groups is 1. The molecule has 1 aromatic carbocycles. The first-order valence-electron chi connectivity index (χ1n) is 6.61. The van der Waals surface area contributed by atoms with Crippen LogP contribution in [-0.2, 0) is 10.2 Å². The van der Waals surface area contributed by atoms with Gasteiger partial charge in [-0.3, -0.25) is 4.79 Å². The summed E-state index contributed by atoms with van der Waals surface area (Å²) in [6, 6.07) is 7.46. The molecule has 1 aliphatic heterocycles. The molecule has 1 fully saturated rings. The van der Waals surface area contributed by atoms with E-state index in [-0.39, 0.29) is 18.4 Å². The lowest BCUT2D eigenvalue weighted by Crippen LogP contribution is -2.42. The molecule has 0 radical (unpaired) electrons. The normalized spacial score (nSPS) is 19.8. The second kappa shape index (κ2) is 5.51. The van der Waals surface area contributed by atoms with Crippen LogP contribution in [0.3, 0.4) is 0 Å². The number of carbonyl (C=O) groups excluding carboxylic acids is 1. The molecule has 3 nitrogen and oxygen atoms in total. The number of carbonyl (C=O) groups is 1. The quantitative estimate of drug-likeness (QED) is 0.925. The summed E-state index contributed by atoms with van der Waals surface area (Å²) in [6.07, 6.45) is 0.883. The summed E-state index contributed by atoms with van der Waals surface area (Å²) in [4.78, 5) is 14.5. The summed E-state index contributed by atoms with van der Waals surface area (Å²) >= 11 is 6.00. The Labute approximate surface area is 119 Å². The molecule has 4 heteroatoms. The standard InChI is InChI=1S/C15H20ClNO2/c1-15(2,12-4-3-5-13(16)8-12)14(19)17-7-6-11(9-17)10-18/h3-5,8,11,18H,6-7,9-10H2,1-2H3. The molecule has 1 amide bonds. The van der Waals surface area contributed by atoms with Crippen LogP contribution in [0.25, 0.3) is 0 Å². The predicted octanol–water partition coefficient (Wildman–Crippen LogP) is 2.46. The first kappa shape index (κ1) is 14.4. The fourth-order valence-electron chi connectivity index (χ4n) is 2.56. The third kappa shape index (κ3) is 2.93. The minimum absolute atomic E-state index is 0.103. The van der Waals surface area contributed by atoms with E-state index in [1.807, 2.05) is 43.0 Å². The second-order valence-electron chi connectivity index (χ2n) is 5.72. The van der Waals surface area contributed by atoms with Gasteiger partial charge in [0, 0.05) is 30.6 Å². The maximum absolute atomic E-state index is 12.6. The van der Waals surface area contributed by atoms with Gasteiger partial charge in [0.25, 0.3) is 0 Å². The first-order valence-corrected chi connectivity index (χ1v) is 6.99. The topological polar surface area (TPSA) is 40.5 Å². The van der Waals surface area contributed by atoms with Crippen molar-refractivity contribution in [3.8, 4) is 0 Å². The molecule has 0 saturated carbocycles. The van der Waals surface area contributed by atoms with Crippen LogP contribution < -0.4 is 0 Å². The minimum Gasteiger partial charge on any atom is -0.396 e. The van der Waals surface area contributed by atoms with E-state index in [9.17, 15) is 4.79 Å². The van der Waals surface area contributed by atoms with E-state index >= 15 is 0 Å².